The maximum atomic E-state index is 5.96. The topological polar surface area (TPSA) is 32.5 Å². The average molecular weight is 326 g/mol. The Kier molecular flexibility index (Phi) is 4.87. The summed E-state index contributed by atoms with van der Waals surface area (Å²) in [6, 6.07) is 7.27. The van der Waals surface area contributed by atoms with Gasteiger partial charge in [0.15, 0.2) is 0 Å². The van der Waals surface area contributed by atoms with Gasteiger partial charge in [0.25, 0.3) is 0 Å². The molecule has 2 atom stereocenters. The van der Waals surface area contributed by atoms with E-state index in [1.165, 1.54) is 24.1 Å². The summed E-state index contributed by atoms with van der Waals surface area (Å²) in [5.74, 6) is 0. The fraction of sp³-hybridized carbons (Fsp3) is 0.600. The highest BCUT2D eigenvalue weighted by atomic mass is 79.9. The predicted molar refractivity (Wildman–Crippen MR) is 85.7 cm³/mol. The lowest BCUT2D eigenvalue weighted by atomic mass is 10.1. The van der Waals surface area contributed by atoms with E-state index in [1.807, 2.05) is 6.92 Å². The molecule has 106 valence electrons. The van der Waals surface area contributed by atoms with E-state index in [1.54, 1.807) is 0 Å². The molecule has 0 aliphatic carbocycles. The van der Waals surface area contributed by atoms with Gasteiger partial charge in [-0.2, -0.15) is 0 Å². The second-order valence-corrected chi connectivity index (χ2v) is 6.60. The van der Waals surface area contributed by atoms with Crippen molar-refractivity contribution in [2.24, 2.45) is 5.73 Å². The summed E-state index contributed by atoms with van der Waals surface area (Å²) in [5, 5.41) is 0. The minimum absolute atomic E-state index is 0.0691. The monoisotopic (exact) mass is 325 g/mol. The first-order chi connectivity index (χ1) is 8.99. The highest BCUT2D eigenvalue weighted by Gasteiger charge is 2.25. The smallest absolute Gasteiger partial charge is 0.0417 e. The van der Waals surface area contributed by atoms with Gasteiger partial charge in [0.2, 0.25) is 0 Å². The van der Waals surface area contributed by atoms with Crippen LogP contribution in [-0.4, -0.2) is 38.1 Å². The Morgan fingerprint density at radius 2 is 2.21 bits per heavy atom. The Morgan fingerprint density at radius 3 is 2.79 bits per heavy atom. The fourth-order valence-corrected chi connectivity index (χ4v) is 3.58. The first-order valence-corrected chi connectivity index (χ1v) is 7.74. The summed E-state index contributed by atoms with van der Waals surface area (Å²) >= 11 is 3.65. The minimum Gasteiger partial charge on any atom is -0.367 e. The van der Waals surface area contributed by atoms with Crippen LogP contribution in [0.3, 0.4) is 0 Å². The van der Waals surface area contributed by atoms with Crippen molar-refractivity contribution in [3.8, 4) is 0 Å². The molecule has 19 heavy (non-hydrogen) atoms. The van der Waals surface area contributed by atoms with Gasteiger partial charge in [-0.3, -0.25) is 0 Å². The molecule has 1 unspecified atom stereocenters. The molecule has 1 aliphatic heterocycles. The Hall–Kier alpha value is -0.580. The van der Waals surface area contributed by atoms with Crippen LogP contribution in [0.15, 0.2) is 22.7 Å². The van der Waals surface area contributed by atoms with E-state index in [0.29, 0.717) is 6.04 Å². The van der Waals surface area contributed by atoms with Gasteiger partial charge in [0.05, 0.1) is 0 Å². The number of hydrogen-bond acceptors (Lipinski definition) is 3. The highest BCUT2D eigenvalue weighted by molar-refractivity contribution is 9.10. The number of halogens is 1. The van der Waals surface area contributed by atoms with Crippen LogP contribution in [0.25, 0.3) is 0 Å². The molecule has 0 radical (unpaired) electrons. The first-order valence-electron chi connectivity index (χ1n) is 6.95. The van der Waals surface area contributed by atoms with Gasteiger partial charge in [-0.25, -0.2) is 0 Å². The average Bonchev–Trinajstić information content (AvgIpc) is 2.75. The maximum absolute atomic E-state index is 5.96. The summed E-state index contributed by atoms with van der Waals surface area (Å²) < 4.78 is 1.12. The third kappa shape index (κ3) is 3.50. The number of nitrogens with zero attached hydrogens (tertiary/aromatic N) is 2. The van der Waals surface area contributed by atoms with Gasteiger partial charge >= 0.3 is 0 Å². The second-order valence-electron chi connectivity index (χ2n) is 5.75. The number of benzene rings is 1. The zero-order chi connectivity index (χ0) is 14.0. The van der Waals surface area contributed by atoms with Crippen LogP contribution in [0, 0.1) is 0 Å². The van der Waals surface area contributed by atoms with Crippen molar-refractivity contribution in [1.29, 1.82) is 0 Å². The SMILES string of the molecule is C[C@@H](N)c1ccc(N2CCCC2CN(C)C)cc1Br. The third-order valence-corrected chi connectivity index (χ3v) is 4.45. The molecule has 2 N–H and O–H groups in total. The van der Waals surface area contributed by atoms with Crippen molar-refractivity contribution in [1.82, 2.24) is 4.90 Å². The molecule has 0 saturated carbocycles. The van der Waals surface area contributed by atoms with E-state index in [9.17, 15) is 0 Å². The van der Waals surface area contributed by atoms with E-state index in [2.05, 4.69) is 58.0 Å². The summed E-state index contributed by atoms with van der Waals surface area (Å²) in [7, 11) is 4.29. The lowest BCUT2D eigenvalue weighted by Crippen LogP contribution is -2.37. The van der Waals surface area contributed by atoms with Crippen LogP contribution >= 0.6 is 15.9 Å². The molecule has 4 heteroatoms. The second kappa shape index (κ2) is 6.25. The minimum atomic E-state index is 0.0691. The van der Waals surface area contributed by atoms with Crippen LogP contribution < -0.4 is 10.6 Å². The summed E-state index contributed by atoms with van der Waals surface area (Å²) in [5.41, 5.74) is 8.44. The Labute approximate surface area is 124 Å². The quantitative estimate of drug-likeness (QED) is 0.923. The Balaban J connectivity index is 2.19. The van der Waals surface area contributed by atoms with E-state index in [0.717, 1.165) is 17.6 Å². The van der Waals surface area contributed by atoms with Gasteiger partial charge in [0, 0.05) is 35.3 Å². The van der Waals surface area contributed by atoms with Gasteiger partial charge in [-0.1, -0.05) is 22.0 Å². The molecule has 0 aromatic heterocycles. The molecule has 1 heterocycles. The van der Waals surface area contributed by atoms with Crippen LogP contribution in [0.2, 0.25) is 0 Å². The first kappa shape index (κ1) is 14.8. The molecule has 2 rings (SSSR count). The molecule has 0 spiro atoms. The molecule has 0 bridgehead atoms. The molecule has 1 aliphatic rings. The molecule has 1 aromatic carbocycles. The van der Waals surface area contributed by atoms with Gasteiger partial charge in [-0.15, -0.1) is 0 Å². The summed E-state index contributed by atoms with van der Waals surface area (Å²) in [4.78, 5) is 4.80. The lowest BCUT2D eigenvalue weighted by molar-refractivity contribution is 0.372. The maximum Gasteiger partial charge on any atom is 0.0417 e. The number of likely N-dealkylation sites (N-methyl/N-ethyl adjacent to an activating group) is 1. The number of rotatable bonds is 4. The van der Waals surface area contributed by atoms with Crippen molar-refractivity contribution in [3.05, 3.63) is 28.2 Å². The van der Waals surface area contributed by atoms with E-state index in [-0.39, 0.29) is 6.04 Å². The lowest BCUT2D eigenvalue weighted by Gasteiger charge is -2.29. The van der Waals surface area contributed by atoms with Crippen molar-refractivity contribution in [2.75, 3.05) is 32.1 Å². The van der Waals surface area contributed by atoms with Crippen LogP contribution in [0.5, 0.6) is 0 Å². The van der Waals surface area contributed by atoms with E-state index >= 15 is 0 Å². The zero-order valence-corrected chi connectivity index (χ0v) is 13.7. The Morgan fingerprint density at radius 1 is 1.47 bits per heavy atom. The molecule has 1 saturated heterocycles. The normalized spacial score (nSPS) is 21.2. The molecule has 1 fully saturated rings. The van der Waals surface area contributed by atoms with Crippen molar-refractivity contribution < 1.29 is 0 Å². The van der Waals surface area contributed by atoms with Crippen molar-refractivity contribution >= 4 is 21.6 Å². The van der Waals surface area contributed by atoms with Crippen molar-refractivity contribution in [2.45, 2.75) is 31.8 Å². The van der Waals surface area contributed by atoms with E-state index in [4.69, 9.17) is 5.73 Å². The van der Waals surface area contributed by atoms with Crippen LogP contribution in [0.4, 0.5) is 5.69 Å². The number of hydrogen-bond donors (Lipinski definition) is 1. The largest absolute Gasteiger partial charge is 0.367 e. The molecule has 3 nitrogen and oxygen atoms in total. The van der Waals surface area contributed by atoms with Gasteiger partial charge < -0.3 is 15.5 Å². The van der Waals surface area contributed by atoms with Crippen LogP contribution in [0.1, 0.15) is 31.4 Å². The van der Waals surface area contributed by atoms with Gasteiger partial charge in [0.1, 0.15) is 0 Å². The highest BCUT2D eigenvalue weighted by Crippen LogP contribution is 2.31. The Bertz CT molecular complexity index is 431. The molecular weight excluding hydrogens is 302 g/mol. The molecule has 1 aromatic rings. The molecule has 0 amide bonds. The van der Waals surface area contributed by atoms with E-state index < -0.39 is 0 Å². The third-order valence-electron chi connectivity index (χ3n) is 3.76. The van der Waals surface area contributed by atoms with Crippen molar-refractivity contribution in [3.63, 3.8) is 0 Å². The zero-order valence-electron chi connectivity index (χ0n) is 12.1. The number of nitrogens with two attached hydrogens (primary N) is 1. The number of anilines is 1. The standard InChI is InChI=1S/C15H24BrN3/c1-11(17)14-7-6-12(9-15(14)16)19-8-4-5-13(19)10-18(2)3/h6-7,9,11,13H,4-5,8,10,17H2,1-3H3/t11-,13?/m1/s1. The van der Waals surface area contributed by atoms with Crippen LogP contribution in [-0.2, 0) is 0 Å². The fourth-order valence-electron chi connectivity index (χ4n) is 2.85. The van der Waals surface area contributed by atoms with Gasteiger partial charge in [-0.05, 0) is 51.6 Å². The summed E-state index contributed by atoms with van der Waals surface area (Å²) in [6.07, 6.45) is 2.57. The predicted octanol–water partition coefficient (Wildman–Crippen LogP) is 3.00. The molecular formula is C15H24BrN3. The summed E-state index contributed by atoms with van der Waals surface area (Å²) in [6.45, 7) is 4.29.